The van der Waals surface area contributed by atoms with Crippen molar-refractivity contribution < 1.29 is 17.9 Å². The van der Waals surface area contributed by atoms with Crippen molar-refractivity contribution in [3.05, 3.63) is 88.4 Å². The van der Waals surface area contributed by atoms with E-state index in [0.717, 1.165) is 15.6 Å². The number of ether oxygens (including phenoxy) is 1. The molecule has 0 unspecified atom stereocenters. The van der Waals surface area contributed by atoms with Gasteiger partial charge >= 0.3 is 0 Å². The molecule has 0 fully saturated rings. The van der Waals surface area contributed by atoms with Crippen molar-refractivity contribution in [2.24, 2.45) is 0 Å². The molecule has 31 heavy (non-hydrogen) atoms. The Morgan fingerprint density at radius 1 is 1.00 bits per heavy atom. The van der Waals surface area contributed by atoms with E-state index < -0.39 is 10.0 Å². The van der Waals surface area contributed by atoms with Crippen LogP contribution < -0.4 is 14.8 Å². The van der Waals surface area contributed by atoms with E-state index in [-0.39, 0.29) is 17.4 Å². The molecule has 1 amide bonds. The molecule has 3 aromatic carbocycles. The summed E-state index contributed by atoms with van der Waals surface area (Å²) in [7, 11) is -3.62. The Kier molecular flexibility index (Phi) is 7.84. The van der Waals surface area contributed by atoms with Crippen molar-refractivity contribution >= 4 is 37.5 Å². The largest absolute Gasteiger partial charge is 0.484 e. The van der Waals surface area contributed by atoms with Crippen LogP contribution in [0.2, 0.25) is 0 Å². The predicted molar refractivity (Wildman–Crippen MR) is 125 cm³/mol. The molecule has 0 heterocycles. The van der Waals surface area contributed by atoms with Gasteiger partial charge in [-0.2, -0.15) is 0 Å². The van der Waals surface area contributed by atoms with Gasteiger partial charge in [0.25, 0.3) is 5.91 Å². The van der Waals surface area contributed by atoms with Crippen molar-refractivity contribution in [3.8, 4) is 5.75 Å². The van der Waals surface area contributed by atoms with Crippen LogP contribution in [0.1, 0.15) is 11.1 Å². The highest BCUT2D eigenvalue weighted by Crippen LogP contribution is 2.21. The maximum Gasteiger partial charge on any atom is 0.262 e. The summed E-state index contributed by atoms with van der Waals surface area (Å²) >= 11 is 3.42. The van der Waals surface area contributed by atoms with Crippen LogP contribution in [0.4, 0.5) is 5.69 Å². The van der Waals surface area contributed by atoms with Crippen molar-refractivity contribution in [3.63, 3.8) is 0 Å². The minimum absolute atomic E-state index is 0.139. The van der Waals surface area contributed by atoms with Crippen LogP contribution in [-0.2, 0) is 21.2 Å². The quantitative estimate of drug-likeness (QED) is 0.456. The zero-order valence-electron chi connectivity index (χ0n) is 17.0. The number of aryl methyl sites for hydroxylation is 1. The first-order valence-electron chi connectivity index (χ1n) is 9.66. The van der Waals surface area contributed by atoms with Crippen LogP contribution in [0, 0.1) is 6.92 Å². The third-order valence-electron chi connectivity index (χ3n) is 4.50. The Morgan fingerprint density at radius 3 is 2.39 bits per heavy atom. The number of hydrogen-bond acceptors (Lipinski definition) is 4. The average molecular weight is 503 g/mol. The Bertz CT molecular complexity index is 1130. The summed E-state index contributed by atoms with van der Waals surface area (Å²) in [6.45, 7) is 2.09. The number of carbonyl (C=O) groups is 1. The minimum Gasteiger partial charge on any atom is -0.484 e. The fourth-order valence-corrected chi connectivity index (χ4v) is 4.11. The van der Waals surface area contributed by atoms with Crippen molar-refractivity contribution in [1.29, 1.82) is 0 Å². The number of rotatable bonds is 9. The molecule has 0 bridgehead atoms. The van der Waals surface area contributed by atoms with Crippen LogP contribution in [0.5, 0.6) is 5.75 Å². The number of sulfonamides is 1. The fraction of sp³-hybridized carbons (Fsp3) is 0.174. The summed E-state index contributed by atoms with van der Waals surface area (Å²) in [5, 5.41) is 2.69. The smallest absolute Gasteiger partial charge is 0.262 e. The second kappa shape index (κ2) is 10.6. The van der Waals surface area contributed by atoms with Gasteiger partial charge in [-0.3, -0.25) is 4.79 Å². The van der Waals surface area contributed by atoms with E-state index in [2.05, 4.69) is 26.0 Å². The highest BCUT2D eigenvalue weighted by molar-refractivity contribution is 9.10. The van der Waals surface area contributed by atoms with E-state index in [4.69, 9.17) is 4.74 Å². The number of anilines is 1. The SMILES string of the molecule is Cc1cc(OCC(=O)Nc2ccc(S(=O)(=O)NCCc3ccccc3)cc2)ccc1Br. The number of amides is 1. The topological polar surface area (TPSA) is 84.5 Å². The van der Waals surface area contributed by atoms with Gasteiger partial charge in [0.05, 0.1) is 4.90 Å². The lowest BCUT2D eigenvalue weighted by Crippen LogP contribution is -2.26. The monoisotopic (exact) mass is 502 g/mol. The van der Waals surface area contributed by atoms with Crippen LogP contribution in [0.15, 0.2) is 82.2 Å². The van der Waals surface area contributed by atoms with Crippen molar-refractivity contribution in [1.82, 2.24) is 4.72 Å². The van der Waals surface area contributed by atoms with Gasteiger partial charge in [0.1, 0.15) is 5.75 Å². The number of halogens is 1. The molecule has 3 rings (SSSR count). The maximum absolute atomic E-state index is 12.4. The summed E-state index contributed by atoms with van der Waals surface area (Å²) in [5.41, 5.74) is 2.56. The molecule has 3 aromatic rings. The molecule has 0 aliphatic carbocycles. The number of benzene rings is 3. The highest BCUT2D eigenvalue weighted by Gasteiger charge is 2.13. The lowest BCUT2D eigenvalue weighted by atomic mass is 10.2. The minimum atomic E-state index is -3.62. The molecule has 0 atom stereocenters. The molecule has 162 valence electrons. The molecule has 0 saturated carbocycles. The molecule has 0 saturated heterocycles. The molecular weight excluding hydrogens is 480 g/mol. The summed E-state index contributed by atoms with van der Waals surface area (Å²) < 4.78 is 33.9. The molecule has 8 heteroatoms. The van der Waals surface area contributed by atoms with Gasteiger partial charge in [-0.05, 0) is 66.9 Å². The Balaban J connectivity index is 1.50. The van der Waals surface area contributed by atoms with Crippen molar-refractivity contribution in [2.75, 3.05) is 18.5 Å². The van der Waals surface area contributed by atoms with Gasteiger partial charge in [0.15, 0.2) is 6.61 Å². The Hall–Kier alpha value is -2.68. The molecule has 2 N–H and O–H groups in total. The summed E-state index contributed by atoms with van der Waals surface area (Å²) in [6, 6.07) is 21.1. The average Bonchev–Trinajstić information content (AvgIpc) is 2.75. The molecular formula is C23H23BrN2O4S. The number of hydrogen-bond donors (Lipinski definition) is 2. The lowest BCUT2D eigenvalue weighted by molar-refractivity contribution is -0.118. The second-order valence-electron chi connectivity index (χ2n) is 6.91. The van der Waals surface area contributed by atoms with Gasteiger partial charge in [-0.1, -0.05) is 46.3 Å². The number of carbonyl (C=O) groups excluding carboxylic acids is 1. The zero-order valence-corrected chi connectivity index (χ0v) is 19.4. The normalized spacial score (nSPS) is 11.2. The first-order chi connectivity index (χ1) is 14.8. The standard InChI is InChI=1S/C23H23BrN2O4S/c1-17-15-20(9-12-22(17)24)30-16-23(27)26-19-7-10-21(11-8-19)31(28,29)25-14-13-18-5-3-2-4-6-18/h2-12,15,25H,13-14,16H2,1H3,(H,26,27). The predicted octanol–water partition coefficient (Wildman–Crippen LogP) is 4.30. The number of nitrogens with one attached hydrogen (secondary N) is 2. The first kappa shape index (κ1) is 23.0. The highest BCUT2D eigenvalue weighted by atomic mass is 79.9. The zero-order chi connectivity index (χ0) is 22.3. The Labute approximate surface area is 190 Å². The third kappa shape index (κ3) is 6.92. The Morgan fingerprint density at radius 2 is 1.71 bits per heavy atom. The molecule has 0 radical (unpaired) electrons. The van der Waals surface area contributed by atoms with E-state index in [1.165, 1.54) is 12.1 Å². The van der Waals surface area contributed by atoms with Gasteiger partial charge in [-0.25, -0.2) is 13.1 Å². The van der Waals surface area contributed by atoms with Crippen molar-refractivity contribution in [2.45, 2.75) is 18.2 Å². The van der Waals surface area contributed by atoms with Crippen LogP contribution >= 0.6 is 15.9 Å². The van der Waals surface area contributed by atoms with Crippen LogP contribution in [0.25, 0.3) is 0 Å². The summed E-state index contributed by atoms with van der Waals surface area (Å²) in [6.07, 6.45) is 0.603. The van der Waals surface area contributed by atoms with E-state index in [1.54, 1.807) is 18.2 Å². The van der Waals surface area contributed by atoms with E-state index >= 15 is 0 Å². The summed E-state index contributed by atoms with van der Waals surface area (Å²) in [5.74, 6) is 0.260. The van der Waals surface area contributed by atoms with E-state index in [0.29, 0.717) is 24.4 Å². The van der Waals surface area contributed by atoms with Gasteiger partial charge < -0.3 is 10.1 Å². The second-order valence-corrected chi connectivity index (χ2v) is 9.53. The van der Waals surface area contributed by atoms with Gasteiger partial charge in [0.2, 0.25) is 10.0 Å². The maximum atomic E-state index is 12.4. The van der Waals surface area contributed by atoms with E-state index in [1.807, 2.05) is 49.4 Å². The van der Waals surface area contributed by atoms with Crippen LogP contribution in [0.3, 0.4) is 0 Å². The van der Waals surface area contributed by atoms with Crippen LogP contribution in [-0.4, -0.2) is 27.5 Å². The first-order valence-corrected chi connectivity index (χ1v) is 11.9. The fourth-order valence-electron chi connectivity index (χ4n) is 2.83. The summed E-state index contributed by atoms with van der Waals surface area (Å²) in [4.78, 5) is 12.3. The van der Waals surface area contributed by atoms with Gasteiger partial charge in [-0.15, -0.1) is 0 Å². The molecule has 6 nitrogen and oxygen atoms in total. The molecule has 0 aliphatic rings. The van der Waals surface area contributed by atoms with E-state index in [9.17, 15) is 13.2 Å². The molecule has 0 aliphatic heterocycles. The molecule has 0 aromatic heterocycles. The lowest BCUT2D eigenvalue weighted by Gasteiger charge is -2.10. The third-order valence-corrected chi connectivity index (χ3v) is 6.86. The van der Waals surface area contributed by atoms with Gasteiger partial charge in [0, 0.05) is 16.7 Å². The molecule has 0 spiro atoms.